The lowest BCUT2D eigenvalue weighted by Crippen LogP contribution is -2.09. The Hall–Kier alpha value is -1.91. The Morgan fingerprint density at radius 3 is 2.75 bits per heavy atom. The van der Waals surface area contributed by atoms with Crippen molar-refractivity contribution in [3.8, 4) is 11.1 Å². The molecule has 0 fully saturated rings. The molecule has 1 aromatic heterocycles. The van der Waals surface area contributed by atoms with E-state index < -0.39 is 0 Å². The summed E-state index contributed by atoms with van der Waals surface area (Å²) in [5.41, 5.74) is 4.46. The van der Waals surface area contributed by atoms with Crippen LogP contribution in [0.25, 0.3) is 22.0 Å². The van der Waals surface area contributed by atoms with Gasteiger partial charge in [-0.2, -0.15) is 0 Å². The van der Waals surface area contributed by atoms with Crippen LogP contribution in [0.15, 0.2) is 46.9 Å². The molecular weight excluding hydrogens is 390 g/mol. The molecule has 122 valence electrons. The molecule has 0 amide bonds. The number of carbonyl (C=O) groups excluding carboxylic acids is 1. The zero-order valence-electron chi connectivity index (χ0n) is 13.3. The number of aromatic nitrogens is 1. The SMILES string of the molecule is COC(=O)Cc1c(C)nc2ccc(Br)cc2c1-c1cccc(Cl)c1. The summed E-state index contributed by atoms with van der Waals surface area (Å²) in [6.45, 7) is 1.91. The molecular formula is C19H15BrClNO2. The number of fused-ring (bicyclic) bond motifs is 1. The Balaban J connectivity index is 2.37. The molecule has 2 aromatic carbocycles. The first-order chi connectivity index (χ1) is 11.5. The van der Waals surface area contributed by atoms with Crippen LogP contribution < -0.4 is 0 Å². The van der Waals surface area contributed by atoms with Crippen molar-refractivity contribution >= 4 is 44.4 Å². The monoisotopic (exact) mass is 403 g/mol. The molecule has 0 bridgehead atoms. The molecule has 0 unspecified atom stereocenters. The van der Waals surface area contributed by atoms with Crippen molar-refractivity contribution in [1.29, 1.82) is 0 Å². The lowest BCUT2D eigenvalue weighted by Gasteiger charge is -2.16. The van der Waals surface area contributed by atoms with Gasteiger partial charge in [0, 0.05) is 20.6 Å². The van der Waals surface area contributed by atoms with Crippen LogP contribution in [-0.2, 0) is 16.0 Å². The molecule has 0 spiro atoms. The van der Waals surface area contributed by atoms with Crippen LogP contribution >= 0.6 is 27.5 Å². The summed E-state index contributed by atoms with van der Waals surface area (Å²) >= 11 is 9.70. The minimum absolute atomic E-state index is 0.166. The maximum Gasteiger partial charge on any atom is 0.310 e. The van der Waals surface area contributed by atoms with Crippen molar-refractivity contribution in [3.05, 3.63) is 63.2 Å². The van der Waals surface area contributed by atoms with Crippen molar-refractivity contribution in [2.75, 3.05) is 7.11 Å². The molecule has 0 atom stereocenters. The van der Waals surface area contributed by atoms with Crippen LogP contribution in [0.4, 0.5) is 0 Å². The molecule has 0 aliphatic heterocycles. The second-order valence-electron chi connectivity index (χ2n) is 5.48. The van der Waals surface area contributed by atoms with E-state index in [2.05, 4.69) is 20.9 Å². The number of hydrogen-bond acceptors (Lipinski definition) is 3. The van der Waals surface area contributed by atoms with Gasteiger partial charge >= 0.3 is 5.97 Å². The highest BCUT2D eigenvalue weighted by Crippen LogP contribution is 2.35. The third-order valence-corrected chi connectivity index (χ3v) is 4.65. The fraction of sp³-hybridized carbons (Fsp3) is 0.158. The van der Waals surface area contributed by atoms with Gasteiger partial charge in [-0.05, 0) is 53.9 Å². The number of ether oxygens (including phenoxy) is 1. The van der Waals surface area contributed by atoms with E-state index in [1.807, 2.05) is 49.4 Å². The lowest BCUT2D eigenvalue weighted by atomic mass is 9.93. The molecule has 0 radical (unpaired) electrons. The lowest BCUT2D eigenvalue weighted by molar-refractivity contribution is -0.139. The summed E-state index contributed by atoms with van der Waals surface area (Å²) in [7, 11) is 1.39. The minimum Gasteiger partial charge on any atom is -0.469 e. The van der Waals surface area contributed by atoms with Gasteiger partial charge in [-0.25, -0.2) is 0 Å². The molecule has 0 aliphatic rings. The highest BCUT2D eigenvalue weighted by atomic mass is 79.9. The van der Waals surface area contributed by atoms with E-state index in [4.69, 9.17) is 16.3 Å². The van der Waals surface area contributed by atoms with Gasteiger partial charge in [0.05, 0.1) is 19.0 Å². The van der Waals surface area contributed by atoms with Gasteiger partial charge in [0.2, 0.25) is 0 Å². The number of nitrogens with zero attached hydrogens (tertiary/aromatic N) is 1. The van der Waals surface area contributed by atoms with Gasteiger partial charge in [0.25, 0.3) is 0 Å². The van der Waals surface area contributed by atoms with Crippen LogP contribution in [0, 0.1) is 6.92 Å². The molecule has 3 rings (SSSR count). The third-order valence-electron chi connectivity index (χ3n) is 3.92. The smallest absolute Gasteiger partial charge is 0.310 e. The van der Waals surface area contributed by atoms with Gasteiger partial charge in [-0.3, -0.25) is 9.78 Å². The Morgan fingerprint density at radius 2 is 2.04 bits per heavy atom. The average molecular weight is 405 g/mol. The quantitative estimate of drug-likeness (QED) is 0.553. The van der Waals surface area contributed by atoms with Gasteiger partial charge < -0.3 is 4.74 Å². The predicted molar refractivity (Wildman–Crippen MR) is 100 cm³/mol. The van der Waals surface area contributed by atoms with E-state index in [9.17, 15) is 4.79 Å². The number of rotatable bonds is 3. The minimum atomic E-state index is -0.294. The van der Waals surface area contributed by atoms with E-state index in [1.165, 1.54) is 7.11 Å². The first kappa shape index (κ1) is 16.9. The summed E-state index contributed by atoms with van der Waals surface area (Å²) in [6.07, 6.45) is 0.166. The second kappa shape index (κ2) is 6.91. The number of halogens is 2. The molecule has 0 N–H and O–H groups in total. The summed E-state index contributed by atoms with van der Waals surface area (Å²) in [5, 5.41) is 1.62. The summed E-state index contributed by atoms with van der Waals surface area (Å²) in [4.78, 5) is 16.6. The fourth-order valence-corrected chi connectivity index (χ4v) is 3.36. The first-order valence-electron chi connectivity index (χ1n) is 7.41. The van der Waals surface area contributed by atoms with Crippen LogP contribution in [0.3, 0.4) is 0 Å². The number of benzene rings is 2. The molecule has 24 heavy (non-hydrogen) atoms. The highest BCUT2D eigenvalue weighted by molar-refractivity contribution is 9.10. The van der Waals surface area contributed by atoms with Crippen LogP contribution in [-0.4, -0.2) is 18.1 Å². The number of aryl methyl sites for hydroxylation is 1. The highest BCUT2D eigenvalue weighted by Gasteiger charge is 2.18. The van der Waals surface area contributed by atoms with E-state index in [-0.39, 0.29) is 12.4 Å². The third kappa shape index (κ3) is 3.30. The Bertz CT molecular complexity index is 940. The van der Waals surface area contributed by atoms with Crippen molar-refractivity contribution in [2.24, 2.45) is 0 Å². The number of hydrogen-bond donors (Lipinski definition) is 0. The first-order valence-corrected chi connectivity index (χ1v) is 8.58. The molecule has 0 saturated carbocycles. The molecule has 5 heteroatoms. The number of carbonyl (C=O) groups is 1. The average Bonchev–Trinajstić information content (AvgIpc) is 2.55. The number of pyridine rings is 1. The van der Waals surface area contributed by atoms with E-state index >= 15 is 0 Å². The maximum absolute atomic E-state index is 11.9. The predicted octanol–water partition coefficient (Wildman–Crippen LogP) is 5.34. The summed E-state index contributed by atoms with van der Waals surface area (Å²) in [5.74, 6) is -0.294. The van der Waals surface area contributed by atoms with Crippen LogP contribution in [0.5, 0.6) is 0 Å². The Kier molecular flexibility index (Phi) is 4.88. The van der Waals surface area contributed by atoms with Crippen molar-refractivity contribution in [3.63, 3.8) is 0 Å². The summed E-state index contributed by atoms with van der Waals surface area (Å²) in [6, 6.07) is 13.5. The van der Waals surface area contributed by atoms with E-state index in [0.717, 1.165) is 37.8 Å². The van der Waals surface area contributed by atoms with Gasteiger partial charge in [-0.1, -0.05) is 39.7 Å². The molecule has 0 aliphatic carbocycles. The number of methoxy groups -OCH3 is 1. The molecule has 0 saturated heterocycles. The van der Waals surface area contributed by atoms with Crippen molar-refractivity contribution < 1.29 is 9.53 Å². The topological polar surface area (TPSA) is 39.2 Å². The normalized spacial score (nSPS) is 10.8. The van der Waals surface area contributed by atoms with Gasteiger partial charge in [0.15, 0.2) is 0 Å². The van der Waals surface area contributed by atoms with E-state index in [1.54, 1.807) is 0 Å². The molecule has 1 heterocycles. The van der Waals surface area contributed by atoms with Crippen LogP contribution in [0.2, 0.25) is 5.02 Å². The summed E-state index contributed by atoms with van der Waals surface area (Å²) < 4.78 is 5.81. The number of esters is 1. The Morgan fingerprint density at radius 1 is 1.25 bits per heavy atom. The zero-order chi connectivity index (χ0) is 17.3. The molecule has 3 nitrogen and oxygen atoms in total. The largest absolute Gasteiger partial charge is 0.469 e. The molecule has 3 aromatic rings. The van der Waals surface area contributed by atoms with Gasteiger partial charge in [-0.15, -0.1) is 0 Å². The standard InChI is InChI=1S/C19H15BrClNO2/c1-11-15(10-18(23)24-2)19(12-4-3-5-14(21)8-12)16-9-13(20)6-7-17(16)22-11/h3-9H,10H2,1-2H3. The fourth-order valence-electron chi connectivity index (χ4n) is 2.80. The Labute approximate surface area is 153 Å². The van der Waals surface area contributed by atoms with Gasteiger partial charge in [0.1, 0.15) is 0 Å². The maximum atomic E-state index is 11.9. The van der Waals surface area contributed by atoms with Crippen molar-refractivity contribution in [2.45, 2.75) is 13.3 Å². The zero-order valence-corrected chi connectivity index (χ0v) is 15.6. The second-order valence-corrected chi connectivity index (χ2v) is 6.83. The van der Waals surface area contributed by atoms with Crippen molar-refractivity contribution in [1.82, 2.24) is 4.98 Å². The van der Waals surface area contributed by atoms with Crippen LogP contribution in [0.1, 0.15) is 11.3 Å². The van der Waals surface area contributed by atoms with E-state index in [0.29, 0.717) is 5.02 Å².